The number of carbonyl (C=O) groups excluding carboxylic acids is 1. The van der Waals surface area contributed by atoms with Gasteiger partial charge in [-0.2, -0.15) is 5.26 Å². The van der Waals surface area contributed by atoms with Crippen LogP contribution in [0.1, 0.15) is 44.4 Å². The van der Waals surface area contributed by atoms with Crippen LogP contribution in [-0.4, -0.2) is 52.7 Å². The van der Waals surface area contributed by atoms with Gasteiger partial charge in [0, 0.05) is 49.6 Å². The molecule has 1 amide bonds. The summed E-state index contributed by atoms with van der Waals surface area (Å²) in [4.78, 5) is 21.2. The van der Waals surface area contributed by atoms with E-state index in [9.17, 15) is 10.1 Å². The van der Waals surface area contributed by atoms with Crippen molar-refractivity contribution < 1.29 is 9.53 Å². The zero-order valence-electron chi connectivity index (χ0n) is 20.2. The summed E-state index contributed by atoms with van der Waals surface area (Å²) in [7, 11) is 0. The van der Waals surface area contributed by atoms with Gasteiger partial charge < -0.3 is 19.9 Å². The average Bonchev–Trinajstić information content (AvgIpc) is 2.82. The van der Waals surface area contributed by atoms with Crippen LogP contribution >= 0.6 is 12.2 Å². The number of nitriles is 1. The van der Waals surface area contributed by atoms with E-state index in [4.69, 9.17) is 21.9 Å². The van der Waals surface area contributed by atoms with Gasteiger partial charge in [0.2, 0.25) is 5.91 Å². The van der Waals surface area contributed by atoms with Gasteiger partial charge in [0.15, 0.2) is 5.11 Å². The van der Waals surface area contributed by atoms with Crippen molar-refractivity contribution >= 4 is 29.1 Å². The fourth-order valence-corrected chi connectivity index (χ4v) is 4.67. The van der Waals surface area contributed by atoms with Gasteiger partial charge in [0.1, 0.15) is 11.9 Å². The maximum absolute atomic E-state index is 12.0. The van der Waals surface area contributed by atoms with E-state index in [1.54, 1.807) is 0 Å². The Morgan fingerprint density at radius 3 is 2.47 bits per heavy atom. The lowest BCUT2D eigenvalue weighted by molar-refractivity contribution is -0.122. The summed E-state index contributed by atoms with van der Waals surface area (Å²) in [6.45, 7) is 10.9. The molecule has 2 aliphatic rings. The van der Waals surface area contributed by atoms with Crippen LogP contribution < -0.4 is 10.2 Å². The van der Waals surface area contributed by atoms with E-state index < -0.39 is 0 Å². The van der Waals surface area contributed by atoms with Gasteiger partial charge in [-0.25, -0.2) is 4.98 Å². The predicted octanol–water partition coefficient (Wildman–Crippen LogP) is 3.65. The van der Waals surface area contributed by atoms with E-state index in [-0.39, 0.29) is 17.4 Å². The Bertz CT molecular complexity index is 1130. The van der Waals surface area contributed by atoms with E-state index in [2.05, 4.69) is 30.1 Å². The monoisotopic (exact) mass is 477 g/mol. The highest BCUT2D eigenvalue weighted by Crippen LogP contribution is 2.39. The van der Waals surface area contributed by atoms with Gasteiger partial charge in [0.25, 0.3) is 0 Å². The molecule has 0 bridgehead atoms. The zero-order valence-corrected chi connectivity index (χ0v) is 21.0. The number of hydrogen-bond donors (Lipinski definition) is 1. The maximum Gasteiger partial charge on any atom is 0.228 e. The molecule has 0 radical (unpaired) electrons. The molecule has 0 spiro atoms. The number of amides is 1. The minimum atomic E-state index is -0.343. The topological polar surface area (TPSA) is 81.5 Å². The third-order valence-corrected chi connectivity index (χ3v) is 6.74. The summed E-state index contributed by atoms with van der Waals surface area (Å²) in [5.41, 5.74) is 4.22. The lowest BCUT2D eigenvalue weighted by Gasteiger charge is -2.39. The summed E-state index contributed by atoms with van der Waals surface area (Å²) in [5, 5.41) is 13.5. The highest BCUT2D eigenvalue weighted by Gasteiger charge is 2.34. The lowest BCUT2D eigenvalue weighted by atomic mass is 9.86. The van der Waals surface area contributed by atoms with Crippen molar-refractivity contribution in [2.24, 2.45) is 5.92 Å². The van der Waals surface area contributed by atoms with Gasteiger partial charge in [-0.3, -0.25) is 4.79 Å². The van der Waals surface area contributed by atoms with Gasteiger partial charge in [-0.05, 0) is 31.6 Å². The number of pyridine rings is 1. The molecule has 1 aromatic carbocycles. The summed E-state index contributed by atoms with van der Waals surface area (Å²) >= 11 is 5.46. The summed E-state index contributed by atoms with van der Waals surface area (Å²) in [6, 6.07) is 12.5. The molecule has 1 saturated heterocycles. The Morgan fingerprint density at radius 1 is 1.18 bits per heavy atom. The fourth-order valence-electron chi connectivity index (χ4n) is 4.38. The van der Waals surface area contributed by atoms with Crippen molar-refractivity contribution in [2.75, 3.05) is 31.1 Å². The minimum absolute atomic E-state index is 0.0760. The number of piperazine rings is 1. The molecule has 0 unspecified atom stereocenters. The van der Waals surface area contributed by atoms with Crippen molar-refractivity contribution in [3.8, 4) is 17.3 Å². The zero-order chi connectivity index (χ0) is 24.5. The Balaban J connectivity index is 1.66. The molecular formula is C26H31N5O2S. The molecule has 4 rings (SSSR count). The molecule has 1 aromatic heterocycles. The highest BCUT2D eigenvalue weighted by atomic mass is 32.1. The number of ether oxygens (including phenoxy) is 1. The Hall–Kier alpha value is -3.02. The van der Waals surface area contributed by atoms with Crippen molar-refractivity contribution in [3.63, 3.8) is 0 Å². The van der Waals surface area contributed by atoms with Gasteiger partial charge in [-0.15, -0.1) is 0 Å². The van der Waals surface area contributed by atoms with Crippen LogP contribution in [0.25, 0.3) is 11.3 Å². The molecule has 2 aliphatic heterocycles. The normalized spacial score (nSPS) is 17.2. The number of nitrogens with zero attached hydrogens (tertiary/aromatic N) is 4. The number of thiocarbonyl (C=S) groups is 1. The van der Waals surface area contributed by atoms with Crippen molar-refractivity contribution in [1.82, 2.24) is 15.2 Å². The van der Waals surface area contributed by atoms with Crippen molar-refractivity contribution in [3.05, 3.63) is 47.0 Å². The first kappa shape index (κ1) is 24.1. The molecule has 0 atom stereocenters. The average molecular weight is 478 g/mol. The van der Waals surface area contributed by atoms with Gasteiger partial charge in [0.05, 0.1) is 23.5 Å². The first-order valence-corrected chi connectivity index (χ1v) is 12.1. The van der Waals surface area contributed by atoms with Crippen LogP contribution in [0.5, 0.6) is 0 Å². The van der Waals surface area contributed by atoms with Crippen LogP contribution in [0.2, 0.25) is 0 Å². The second-order valence-corrected chi connectivity index (χ2v) is 10.1. The lowest BCUT2D eigenvalue weighted by Crippen LogP contribution is -2.53. The van der Waals surface area contributed by atoms with E-state index in [1.807, 2.05) is 49.1 Å². The van der Waals surface area contributed by atoms with Crippen molar-refractivity contribution in [1.29, 1.82) is 5.26 Å². The summed E-state index contributed by atoms with van der Waals surface area (Å²) in [5.74, 6) is 0.518. The number of carbonyl (C=O) groups is 1. The number of nitrogens with one attached hydrogen (secondary N) is 1. The standard InChI is InChI=1S/C26H31N5O2S/c1-17(2)24(32)29-25(34)31-12-10-30(11-13-31)23-20(15-27)19-14-26(3,4)33-16-21(19)22(28-23)18-8-6-5-7-9-18/h5-9,17H,10-14,16H2,1-4H3,(H,29,32,34). The van der Waals surface area contributed by atoms with Gasteiger partial charge >= 0.3 is 0 Å². The van der Waals surface area contributed by atoms with E-state index in [1.165, 1.54) is 0 Å². The summed E-state index contributed by atoms with van der Waals surface area (Å²) in [6.07, 6.45) is 0.659. The second-order valence-electron chi connectivity index (χ2n) is 9.74. The molecule has 3 heterocycles. The number of hydrogen-bond acceptors (Lipinski definition) is 6. The minimum Gasteiger partial charge on any atom is -0.370 e. The quantitative estimate of drug-likeness (QED) is 0.676. The first-order chi connectivity index (χ1) is 16.2. The first-order valence-electron chi connectivity index (χ1n) is 11.7. The third kappa shape index (κ3) is 4.91. The van der Waals surface area contributed by atoms with Crippen LogP contribution in [0.15, 0.2) is 30.3 Å². The molecule has 2 aromatic rings. The van der Waals surface area contributed by atoms with Crippen LogP contribution in [0.3, 0.4) is 0 Å². The molecule has 0 aliphatic carbocycles. The molecule has 8 heteroatoms. The molecule has 1 N–H and O–H groups in total. The second kappa shape index (κ2) is 9.69. The molecule has 1 fully saturated rings. The smallest absolute Gasteiger partial charge is 0.228 e. The molecule has 34 heavy (non-hydrogen) atoms. The number of rotatable bonds is 3. The van der Waals surface area contributed by atoms with E-state index in [0.717, 1.165) is 28.2 Å². The Morgan fingerprint density at radius 2 is 1.85 bits per heavy atom. The van der Waals surface area contributed by atoms with Crippen LogP contribution in [0, 0.1) is 17.2 Å². The third-order valence-electron chi connectivity index (χ3n) is 6.38. The van der Waals surface area contributed by atoms with E-state index >= 15 is 0 Å². The largest absolute Gasteiger partial charge is 0.370 e. The molecule has 7 nitrogen and oxygen atoms in total. The number of benzene rings is 1. The number of fused-ring (bicyclic) bond motifs is 1. The highest BCUT2D eigenvalue weighted by molar-refractivity contribution is 7.80. The van der Waals surface area contributed by atoms with Crippen LogP contribution in [-0.2, 0) is 22.6 Å². The summed E-state index contributed by atoms with van der Waals surface area (Å²) < 4.78 is 6.11. The van der Waals surface area contributed by atoms with Gasteiger partial charge in [-0.1, -0.05) is 44.2 Å². The SMILES string of the molecule is CC(C)C(=O)NC(=S)N1CCN(c2nc(-c3ccccc3)c3c(c2C#N)CC(C)(C)OC3)CC1. The number of aromatic nitrogens is 1. The molecule has 0 saturated carbocycles. The predicted molar refractivity (Wildman–Crippen MR) is 136 cm³/mol. The molecular weight excluding hydrogens is 446 g/mol. The Labute approximate surface area is 206 Å². The fraction of sp³-hybridized carbons (Fsp3) is 0.462. The number of anilines is 1. The van der Waals surface area contributed by atoms with Crippen molar-refractivity contribution in [2.45, 2.75) is 46.3 Å². The maximum atomic E-state index is 12.0. The van der Waals surface area contributed by atoms with Crippen LogP contribution in [0.4, 0.5) is 5.82 Å². The Kier molecular flexibility index (Phi) is 6.87. The molecule has 178 valence electrons. The van der Waals surface area contributed by atoms with E-state index in [0.29, 0.717) is 49.9 Å².